The van der Waals surface area contributed by atoms with Crippen molar-refractivity contribution in [1.82, 2.24) is 5.32 Å². The van der Waals surface area contributed by atoms with Crippen molar-refractivity contribution in [1.29, 1.82) is 0 Å². The lowest BCUT2D eigenvalue weighted by molar-refractivity contribution is 0.303. The first kappa shape index (κ1) is 20.0. The monoisotopic (exact) mass is 393 g/mol. The Labute approximate surface area is 172 Å². The maximum absolute atomic E-state index is 12.6. The molecule has 1 aliphatic carbocycles. The molecule has 1 fully saturated rings. The van der Waals surface area contributed by atoms with Gasteiger partial charge in [-0.05, 0) is 56.5 Å². The lowest BCUT2D eigenvalue weighted by atomic mass is 9.95. The summed E-state index contributed by atoms with van der Waals surface area (Å²) < 4.78 is 11.8. The highest BCUT2D eigenvalue weighted by atomic mass is 16.5. The number of ether oxygens (including phenoxy) is 1. The third kappa shape index (κ3) is 5.18. The maximum atomic E-state index is 12.6. The lowest BCUT2D eigenvalue weighted by Gasteiger charge is -2.22. The van der Waals surface area contributed by atoms with E-state index >= 15 is 0 Å². The highest BCUT2D eigenvalue weighted by molar-refractivity contribution is 5.90. The van der Waals surface area contributed by atoms with Gasteiger partial charge in [-0.2, -0.15) is 0 Å². The lowest BCUT2D eigenvalue weighted by Crippen LogP contribution is -2.31. The predicted octanol–water partition coefficient (Wildman–Crippen LogP) is 5.81. The summed E-state index contributed by atoms with van der Waals surface area (Å²) in [7, 11) is 0. The van der Waals surface area contributed by atoms with Crippen molar-refractivity contribution in [2.45, 2.75) is 63.8 Å². The fourth-order valence-corrected chi connectivity index (χ4v) is 4.25. The van der Waals surface area contributed by atoms with Gasteiger partial charge in [0, 0.05) is 12.1 Å². The molecule has 0 bridgehead atoms. The molecule has 0 spiro atoms. The minimum Gasteiger partial charge on any atom is -0.493 e. The SMILES string of the molecule is O=c1c2ccccc2oc2cc(OCCCCCCNC3CCCCC3)ccc12. The van der Waals surface area contributed by atoms with Gasteiger partial charge >= 0.3 is 0 Å². The molecule has 2 aromatic carbocycles. The Kier molecular flexibility index (Phi) is 6.83. The number of benzene rings is 2. The third-order valence-corrected chi connectivity index (χ3v) is 5.93. The number of unbranched alkanes of at least 4 members (excludes halogenated alkanes) is 3. The van der Waals surface area contributed by atoms with Crippen molar-refractivity contribution in [3.63, 3.8) is 0 Å². The van der Waals surface area contributed by atoms with E-state index in [1.807, 2.05) is 30.3 Å². The molecular weight excluding hydrogens is 362 g/mol. The molecule has 0 radical (unpaired) electrons. The van der Waals surface area contributed by atoms with E-state index in [-0.39, 0.29) is 5.43 Å². The second-order valence-electron chi connectivity index (χ2n) is 8.14. The number of hydrogen-bond donors (Lipinski definition) is 1. The minimum atomic E-state index is 0.00948. The predicted molar refractivity (Wildman–Crippen MR) is 119 cm³/mol. The van der Waals surface area contributed by atoms with Gasteiger partial charge in [-0.1, -0.05) is 44.2 Å². The molecule has 0 amide bonds. The van der Waals surface area contributed by atoms with Gasteiger partial charge < -0.3 is 14.5 Å². The van der Waals surface area contributed by atoms with Crippen LogP contribution in [0.15, 0.2) is 51.7 Å². The molecule has 3 aromatic rings. The van der Waals surface area contributed by atoms with E-state index < -0.39 is 0 Å². The van der Waals surface area contributed by atoms with E-state index in [1.165, 1.54) is 51.4 Å². The van der Waals surface area contributed by atoms with Crippen molar-refractivity contribution in [3.8, 4) is 5.75 Å². The fraction of sp³-hybridized carbons (Fsp3) is 0.480. The third-order valence-electron chi connectivity index (χ3n) is 5.93. The minimum absolute atomic E-state index is 0.00948. The number of hydrogen-bond acceptors (Lipinski definition) is 4. The van der Waals surface area contributed by atoms with Crippen molar-refractivity contribution in [3.05, 3.63) is 52.7 Å². The van der Waals surface area contributed by atoms with E-state index in [0.717, 1.165) is 24.8 Å². The Morgan fingerprint density at radius 3 is 2.59 bits per heavy atom. The number of rotatable bonds is 9. The van der Waals surface area contributed by atoms with Crippen LogP contribution in [0.5, 0.6) is 5.75 Å². The van der Waals surface area contributed by atoms with Gasteiger partial charge in [0.2, 0.25) is 5.43 Å². The molecule has 4 nitrogen and oxygen atoms in total. The van der Waals surface area contributed by atoms with Gasteiger partial charge in [0.1, 0.15) is 16.9 Å². The van der Waals surface area contributed by atoms with Crippen molar-refractivity contribution in [2.75, 3.05) is 13.2 Å². The molecule has 29 heavy (non-hydrogen) atoms. The van der Waals surface area contributed by atoms with Gasteiger partial charge in [0.15, 0.2) is 0 Å². The molecule has 4 rings (SSSR count). The normalized spacial score (nSPS) is 15.2. The van der Waals surface area contributed by atoms with Crippen LogP contribution < -0.4 is 15.5 Å². The average Bonchev–Trinajstić information content (AvgIpc) is 2.76. The zero-order chi connectivity index (χ0) is 19.9. The summed E-state index contributed by atoms with van der Waals surface area (Å²) in [6.07, 6.45) is 11.6. The Morgan fingerprint density at radius 1 is 0.897 bits per heavy atom. The molecule has 1 aliphatic rings. The summed E-state index contributed by atoms with van der Waals surface area (Å²) in [6, 6.07) is 13.6. The molecule has 154 valence electrons. The number of para-hydroxylation sites is 1. The molecule has 1 aromatic heterocycles. The van der Waals surface area contributed by atoms with Crippen LogP contribution in [0.4, 0.5) is 0 Å². The molecule has 4 heteroatoms. The Morgan fingerprint density at radius 2 is 1.69 bits per heavy atom. The van der Waals surface area contributed by atoms with Gasteiger partial charge in [-0.15, -0.1) is 0 Å². The zero-order valence-electron chi connectivity index (χ0n) is 17.1. The molecule has 0 aliphatic heterocycles. The first-order valence-corrected chi connectivity index (χ1v) is 11.1. The molecule has 1 N–H and O–H groups in total. The van der Waals surface area contributed by atoms with Crippen molar-refractivity contribution in [2.24, 2.45) is 0 Å². The van der Waals surface area contributed by atoms with Gasteiger partial charge in [-0.3, -0.25) is 4.79 Å². The van der Waals surface area contributed by atoms with E-state index in [9.17, 15) is 4.79 Å². The van der Waals surface area contributed by atoms with E-state index in [4.69, 9.17) is 9.15 Å². The smallest absolute Gasteiger partial charge is 0.200 e. The molecule has 0 saturated heterocycles. The van der Waals surface area contributed by atoms with Gasteiger partial charge in [0.25, 0.3) is 0 Å². The van der Waals surface area contributed by atoms with Gasteiger partial charge in [0.05, 0.1) is 17.4 Å². The Balaban J connectivity index is 1.21. The van der Waals surface area contributed by atoms with Crippen molar-refractivity contribution >= 4 is 21.9 Å². The largest absolute Gasteiger partial charge is 0.493 e. The summed E-state index contributed by atoms with van der Waals surface area (Å²) in [5.41, 5.74) is 1.21. The summed E-state index contributed by atoms with van der Waals surface area (Å²) in [5.74, 6) is 0.759. The van der Waals surface area contributed by atoms with Crippen LogP contribution in [0.3, 0.4) is 0 Å². The summed E-state index contributed by atoms with van der Waals surface area (Å²) >= 11 is 0. The quantitative estimate of drug-likeness (QED) is 0.368. The second-order valence-corrected chi connectivity index (χ2v) is 8.14. The topological polar surface area (TPSA) is 51.5 Å². The highest BCUT2D eigenvalue weighted by Gasteiger charge is 2.11. The van der Waals surface area contributed by atoms with Gasteiger partial charge in [-0.25, -0.2) is 0 Å². The summed E-state index contributed by atoms with van der Waals surface area (Å²) in [6.45, 7) is 1.84. The first-order valence-electron chi connectivity index (χ1n) is 11.1. The van der Waals surface area contributed by atoms with E-state index in [0.29, 0.717) is 28.5 Å². The second kappa shape index (κ2) is 9.93. The fourth-order valence-electron chi connectivity index (χ4n) is 4.25. The molecule has 0 atom stereocenters. The number of fused-ring (bicyclic) bond motifs is 2. The van der Waals surface area contributed by atoms with Crippen LogP contribution in [-0.4, -0.2) is 19.2 Å². The molecule has 0 unspecified atom stereocenters. The zero-order valence-corrected chi connectivity index (χ0v) is 17.1. The molecule has 1 saturated carbocycles. The van der Waals surface area contributed by atoms with Crippen LogP contribution in [0.1, 0.15) is 57.8 Å². The van der Waals surface area contributed by atoms with Crippen LogP contribution in [0, 0.1) is 0 Å². The van der Waals surface area contributed by atoms with Crippen LogP contribution in [0.25, 0.3) is 21.9 Å². The van der Waals surface area contributed by atoms with E-state index in [2.05, 4.69) is 5.32 Å². The average molecular weight is 394 g/mol. The van der Waals surface area contributed by atoms with E-state index in [1.54, 1.807) is 12.1 Å². The first-order chi connectivity index (χ1) is 14.3. The molecular formula is C25H31NO3. The van der Waals surface area contributed by atoms with Crippen LogP contribution >= 0.6 is 0 Å². The standard InChI is InChI=1S/C25H31NO3/c27-25-21-12-6-7-13-23(21)29-24-18-20(14-15-22(24)25)28-17-9-2-1-8-16-26-19-10-4-3-5-11-19/h6-7,12-15,18-19,26H,1-5,8-11,16-17H2. The summed E-state index contributed by atoms with van der Waals surface area (Å²) in [5, 5.41) is 4.92. The summed E-state index contributed by atoms with van der Waals surface area (Å²) in [4.78, 5) is 12.6. The number of nitrogens with one attached hydrogen (secondary N) is 1. The van der Waals surface area contributed by atoms with Crippen molar-refractivity contribution < 1.29 is 9.15 Å². The maximum Gasteiger partial charge on any atom is 0.200 e. The van der Waals surface area contributed by atoms with Crippen LogP contribution in [0.2, 0.25) is 0 Å². The molecule has 1 heterocycles. The Bertz CT molecular complexity index is 988. The Hall–Kier alpha value is -2.33. The highest BCUT2D eigenvalue weighted by Crippen LogP contribution is 2.23. The van der Waals surface area contributed by atoms with Crippen LogP contribution in [-0.2, 0) is 0 Å².